The maximum Gasteiger partial charge on any atom is 0.416 e. The van der Waals surface area contributed by atoms with Gasteiger partial charge in [-0.2, -0.15) is 13.2 Å². The Balaban J connectivity index is 1.95. The number of ketones is 1. The van der Waals surface area contributed by atoms with E-state index in [-0.39, 0.29) is 29.2 Å². The zero-order valence-electron chi connectivity index (χ0n) is 13.9. The minimum atomic E-state index is -4.61. The second kappa shape index (κ2) is 7.49. The van der Waals surface area contributed by atoms with Crippen LogP contribution in [0.3, 0.4) is 0 Å². The number of hydrogen-bond acceptors (Lipinski definition) is 3. The van der Waals surface area contributed by atoms with Gasteiger partial charge in [-0.05, 0) is 36.4 Å². The molecule has 138 valence electrons. The summed E-state index contributed by atoms with van der Waals surface area (Å²) in [6.07, 6.45) is -0.0923. The Morgan fingerprint density at radius 1 is 1.07 bits per heavy atom. The molecule has 2 aromatic carbocycles. The van der Waals surface area contributed by atoms with Gasteiger partial charge in [0, 0.05) is 18.2 Å². The van der Waals surface area contributed by atoms with Crippen LogP contribution in [0.15, 0.2) is 72.5 Å². The lowest BCUT2D eigenvalue weighted by Gasteiger charge is -2.15. The van der Waals surface area contributed by atoms with Gasteiger partial charge in [0.05, 0.1) is 11.1 Å². The van der Waals surface area contributed by atoms with Gasteiger partial charge in [0.2, 0.25) is 0 Å². The molecule has 1 amide bonds. The predicted octanol–water partition coefficient (Wildman–Crippen LogP) is 4.64. The number of rotatable bonds is 4. The SMILES string of the molecule is O=C1C=C(NC(=O)c2cc(C(F)(F)F)ccc2Oc2ccccc2)C=CC1. The highest BCUT2D eigenvalue weighted by atomic mass is 19.4. The molecule has 0 aromatic heterocycles. The average Bonchev–Trinajstić information content (AvgIpc) is 2.62. The van der Waals surface area contributed by atoms with Gasteiger partial charge in [-0.1, -0.05) is 24.3 Å². The average molecular weight is 373 g/mol. The molecule has 4 nitrogen and oxygen atoms in total. The number of amides is 1. The fraction of sp³-hybridized carbons (Fsp3) is 0.100. The summed E-state index contributed by atoms with van der Waals surface area (Å²) in [7, 11) is 0. The number of halogens is 3. The Labute approximate surface area is 153 Å². The lowest BCUT2D eigenvalue weighted by molar-refractivity contribution is -0.137. The molecule has 1 aliphatic rings. The second-order valence-electron chi connectivity index (χ2n) is 5.75. The topological polar surface area (TPSA) is 55.4 Å². The van der Waals surface area contributed by atoms with Crippen molar-refractivity contribution in [2.45, 2.75) is 12.6 Å². The molecule has 27 heavy (non-hydrogen) atoms. The largest absolute Gasteiger partial charge is 0.457 e. The van der Waals surface area contributed by atoms with E-state index in [4.69, 9.17) is 4.74 Å². The molecular weight excluding hydrogens is 359 g/mol. The maximum absolute atomic E-state index is 13.1. The summed E-state index contributed by atoms with van der Waals surface area (Å²) in [4.78, 5) is 24.0. The van der Waals surface area contributed by atoms with Crippen molar-refractivity contribution in [3.63, 3.8) is 0 Å². The molecule has 1 aliphatic carbocycles. The van der Waals surface area contributed by atoms with Gasteiger partial charge in [-0.15, -0.1) is 0 Å². The highest BCUT2D eigenvalue weighted by molar-refractivity contribution is 6.00. The number of nitrogens with one attached hydrogen (secondary N) is 1. The van der Waals surface area contributed by atoms with E-state index in [2.05, 4.69) is 5.32 Å². The van der Waals surface area contributed by atoms with Crippen molar-refractivity contribution in [3.8, 4) is 11.5 Å². The molecule has 0 unspecified atom stereocenters. The molecule has 2 aromatic rings. The predicted molar refractivity (Wildman–Crippen MR) is 92.3 cm³/mol. The molecule has 0 spiro atoms. The number of carbonyl (C=O) groups is 2. The van der Waals surface area contributed by atoms with Crippen LogP contribution < -0.4 is 10.1 Å². The number of para-hydroxylation sites is 1. The van der Waals surface area contributed by atoms with Crippen LogP contribution >= 0.6 is 0 Å². The van der Waals surface area contributed by atoms with E-state index in [1.165, 1.54) is 12.2 Å². The van der Waals surface area contributed by atoms with Gasteiger partial charge in [-0.3, -0.25) is 9.59 Å². The third kappa shape index (κ3) is 4.63. The Hall–Kier alpha value is -3.35. The summed E-state index contributed by atoms with van der Waals surface area (Å²) in [6, 6.07) is 11.0. The maximum atomic E-state index is 13.1. The highest BCUT2D eigenvalue weighted by Gasteiger charge is 2.32. The quantitative estimate of drug-likeness (QED) is 0.849. The van der Waals surface area contributed by atoms with Crippen molar-refractivity contribution < 1.29 is 27.5 Å². The van der Waals surface area contributed by atoms with E-state index < -0.39 is 17.6 Å². The van der Waals surface area contributed by atoms with E-state index in [9.17, 15) is 22.8 Å². The van der Waals surface area contributed by atoms with Crippen LogP contribution in [0.5, 0.6) is 11.5 Å². The van der Waals surface area contributed by atoms with Crippen molar-refractivity contribution in [3.05, 3.63) is 83.6 Å². The summed E-state index contributed by atoms with van der Waals surface area (Å²) in [5.41, 5.74) is -1.06. The second-order valence-corrected chi connectivity index (χ2v) is 5.75. The van der Waals surface area contributed by atoms with Gasteiger partial charge < -0.3 is 10.1 Å². The molecule has 0 bridgehead atoms. The Morgan fingerprint density at radius 2 is 1.81 bits per heavy atom. The summed E-state index contributed by atoms with van der Waals surface area (Å²) in [5.74, 6) is -0.674. The van der Waals surface area contributed by atoms with Crippen molar-refractivity contribution in [1.82, 2.24) is 5.32 Å². The molecule has 0 fully saturated rings. The van der Waals surface area contributed by atoms with E-state index in [1.54, 1.807) is 36.4 Å². The Morgan fingerprint density at radius 3 is 2.48 bits per heavy atom. The Bertz CT molecular complexity index is 931. The summed E-state index contributed by atoms with van der Waals surface area (Å²) >= 11 is 0. The number of alkyl halides is 3. The van der Waals surface area contributed by atoms with Crippen molar-refractivity contribution >= 4 is 11.7 Å². The molecule has 0 saturated heterocycles. The van der Waals surface area contributed by atoms with Crippen LogP contribution in [-0.4, -0.2) is 11.7 Å². The van der Waals surface area contributed by atoms with Crippen molar-refractivity contribution in [2.24, 2.45) is 0 Å². The van der Waals surface area contributed by atoms with Gasteiger partial charge >= 0.3 is 6.18 Å². The first-order valence-corrected chi connectivity index (χ1v) is 7.99. The highest BCUT2D eigenvalue weighted by Crippen LogP contribution is 2.34. The van der Waals surface area contributed by atoms with Gasteiger partial charge in [0.15, 0.2) is 5.78 Å². The zero-order chi connectivity index (χ0) is 19.4. The third-order valence-corrected chi connectivity index (χ3v) is 3.71. The molecule has 0 atom stereocenters. The third-order valence-electron chi connectivity index (χ3n) is 3.71. The van der Waals surface area contributed by atoms with E-state index in [0.29, 0.717) is 5.75 Å². The molecule has 0 saturated carbocycles. The lowest BCUT2D eigenvalue weighted by Crippen LogP contribution is -2.24. The molecule has 3 rings (SSSR count). The Kier molecular flexibility index (Phi) is 5.12. The van der Waals surface area contributed by atoms with Crippen LogP contribution in [0, 0.1) is 0 Å². The van der Waals surface area contributed by atoms with E-state index in [0.717, 1.165) is 18.2 Å². The molecule has 0 aliphatic heterocycles. The molecule has 1 N–H and O–H groups in total. The van der Waals surface area contributed by atoms with Crippen molar-refractivity contribution in [1.29, 1.82) is 0 Å². The van der Waals surface area contributed by atoms with Crippen LogP contribution in [0.1, 0.15) is 22.3 Å². The standard InChI is InChI=1S/C20H14F3NO3/c21-20(22,23)13-9-10-18(27-16-7-2-1-3-8-16)17(11-13)19(26)24-14-5-4-6-15(25)12-14/h1-5,7-12H,6H2,(H,24,26). The summed E-state index contributed by atoms with van der Waals surface area (Å²) in [5, 5.41) is 2.44. The zero-order valence-corrected chi connectivity index (χ0v) is 13.9. The van der Waals surface area contributed by atoms with Crippen LogP contribution in [0.4, 0.5) is 13.2 Å². The number of allylic oxidation sites excluding steroid dienone is 3. The minimum Gasteiger partial charge on any atom is -0.457 e. The number of hydrogen-bond donors (Lipinski definition) is 1. The monoisotopic (exact) mass is 373 g/mol. The summed E-state index contributed by atoms with van der Waals surface area (Å²) in [6.45, 7) is 0. The van der Waals surface area contributed by atoms with Gasteiger partial charge in [0.1, 0.15) is 11.5 Å². The summed E-state index contributed by atoms with van der Waals surface area (Å²) < 4.78 is 44.8. The van der Waals surface area contributed by atoms with Crippen LogP contribution in [-0.2, 0) is 11.0 Å². The minimum absolute atomic E-state index is 0.0292. The van der Waals surface area contributed by atoms with E-state index >= 15 is 0 Å². The van der Waals surface area contributed by atoms with Gasteiger partial charge in [0.25, 0.3) is 5.91 Å². The smallest absolute Gasteiger partial charge is 0.416 e. The number of benzene rings is 2. The first-order valence-electron chi connectivity index (χ1n) is 7.99. The molecular formula is C20H14F3NO3. The van der Waals surface area contributed by atoms with Crippen molar-refractivity contribution in [2.75, 3.05) is 0 Å². The molecule has 0 radical (unpaired) electrons. The number of ether oxygens (including phenoxy) is 1. The van der Waals surface area contributed by atoms with Crippen LogP contribution in [0.25, 0.3) is 0 Å². The lowest BCUT2D eigenvalue weighted by atomic mass is 10.1. The van der Waals surface area contributed by atoms with Gasteiger partial charge in [-0.25, -0.2) is 0 Å². The number of carbonyl (C=O) groups excluding carboxylic acids is 2. The van der Waals surface area contributed by atoms with Crippen LogP contribution in [0.2, 0.25) is 0 Å². The normalized spacial score (nSPS) is 13.9. The van der Waals surface area contributed by atoms with E-state index in [1.807, 2.05) is 0 Å². The first-order chi connectivity index (χ1) is 12.8. The molecule has 7 heteroatoms. The fourth-order valence-electron chi connectivity index (χ4n) is 2.45. The molecule has 0 heterocycles. The fourth-order valence-corrected chi connectivity index (χ4v) is 2.45. The first kappa shape index (κ1) is 18.4.